The Labute approximate surface area is 245 Å². The molecule has 1 aliphatic carbocycles. The first-order valence-electron chi connectivity index (χ1n) is 14.2. The molecule has 2 fully saturated rings. The smallest absolute Gasteiger partial charge is 0.249 e. The molecule has 16 nitrogen and oxygen atoms in total. The molecule has 242 valence electrons. The lowest BCUT2D eigenvalue weighted by atomic mass is 9.82. The molecule has 0 aromatic heterocycles. The molecule has 3 rings (SSSR count). The lowest BCUT2D eigenvalue weighted by Crippen LogP contribution is -2.68. The summed E-state index contributed by atoms with van der Waals surface area (Å²) in [7, 11) is 1.50. The fourth-order valence-corrected chi connectivity index (χ4v) is 5.32. The third-order valence-corrected chi connectivity index (χ3v) is 7.71. The van der Waals surface area contributed by atoms with E-state index in [0.717, 1.165) is 0 Å². The summed E-state index contributed by atoms with van der Waals surface area (Å²) < 4.78 is 23.8. The molecule has 0 aromatic carbocycles. The van der Waals surface area contributed by atoms with Crippen molar-refractivity contribution in [3.63, 3.8) is 0 Å². The molecule has 2 heterocycles. The number of rotatable bonds is 13. The molecule has 1 saturated carbocycles. The largest absolute Gasteiger partial charge is 0.467 e. The Balaban J connectivity index is 1.81. The Morgan fingerprint density at radius 1 is 1.24 bits per heavy atom. The fraction of sp³-hybridized carbons (Fsp3) is 0.846. The number of hydrogen-bond donors (Lipinski definition) is 10. The normalized spacial score (nSPS) is 39.9. The quantitative estimate of drug-likeness (QED) is 0.0700. The zero-order chi connectivity index (χ0) is 31.0. The lowest BCUT2D eigenvalue weighted by Gasteiger charge is -2.48. The predicted octanol–water partition coefficient (Wildman–Crippen LogP) is -4.63. The molecule has 16 heteroatoms. The molecule has 2 aliphatic heterocycles. The summed E-state index contributed by atoms with van der Waals surface area (Å²) in [5, 5.41) is 58.1. The number of aliphatic hydroxyl groups excluding tert-OH is 4. The van der Waals surface area contributed by atoms with E-state index in [2.05, 4.69) is 15.6 Å². The maximum absolute atomic E-state index is 12.7. The van der Waals surface area contributed by atoms with Gasteiger partial charge >= 0.3 is 0 Å². The Morgan fingerprint density at radius 2 is 1.95 bits per heavy atom. The third kappa shape index (κ3) is 8.64. The van der Waals surface area contributed by atoms with Crippen molar-refractivity contribution in [3.05, 3.63) is 11.8 Å². The summed E-state index contributed by atoms with van der Waals surface area (Å²) in [6.07, 6.45) is -5.14. The number of nitrogens with zero attached hydrogens (tertiary/aromatic N) is 1. The van der Waals surface area contributed by atoms with Gasteiger partial charge < -0.3 is 77.3 Å². The van der Waals surface area contributed by atoms with Crippen LogP contribution in [0.15, 0.2) is 16.8 Å². The van der Waals surface area contributed by atoms with E-state index in [1.807, 2.05) is 6.08 Å². The van der Waals surface area contributed by atoms with Crippen LogP contribution in [0.5, 0.6) is 0 Å². The molecule has 1 unspecified atom stereocenters. The summed E-state index contributed by atoms with van der Waals surface area (Å²) in [5.41, 5.74) is 16.7. The van der Waals surface area contributed by atoms with Gasteiger partial charge in [-0.3, -0.25) is 4.79 Å². The first-order valence-corrected chi connectivity index (χ1v) is 14.2. The maximum atomic E-state index is 12.7. The van der Waals surface area contributed by atoms with E-state index in [1.165, 1.54) is 20.2 Å². The van der Waals surface area contributed by atoms with E-state index in [1.54, 1.807) is 0 Å². The van der Waals surface area contributed by atoms with E-state index < -0.39 is 78.7 Å². The van der Waals surface area contributed by atoms with E-state index in [0.29, 0.717) is 25.3 Å². The highest BCUT2D eigenvalue weighted by Gasteiger charge is 2.51. The lowest BCUT2D eigenvalue weighted by molar-refractivity contribution is -0.305. The van der Waals surface area contributed by atoms with Crippen LogP contribution < -0.4 is 27.8 Å². The molecular weight excluding hydrogens is 556 g/mol. The van der Waals surface area contributed by atoms with Crippen LogP contribution in [0.3, 0.4) is 0 Å². The number of ether oxygens (including phenoxy) is 4. The van der Waals surface area contributed by atoms with E-state index in [9.17, 15) is 25.2 Å². The van der Waals surface area contributed by atoms with Crippen molar-refractivity contribution in [1.82, 2.24) is 10.6 Å². The van der Waals surface area contributed by atoms with E-state index in [4.69, 9.17) is 41.3 Å². The fourth-order valence-electron chi connectivity index (χ4n) is 5.32. The molecule has 3 aliphatic rings. The predicted molar refractivity (Wildman–Crippen MR) is 150 cm³/mol. The molecule has 12 atom stereocenters. The zero-order valence-corrected chi connectivity index (χ0v) is 24.1. The van der Waals surface area contributed by atoms with Gasteiger partial charge in [0, 0.05) is 25.8 Å². The minimum Gasteiger partial charge on any atom is -0.467 e. The van der Waals surface area contributed by atoms with Crippen molar-refractivity contribution < 1.29 is 49.3 Å². The van der Waals surface area contributed by atoms with Crippen LogP contribution in [0.4, 0.5) is 0 Å². The highest BCUT2D eigenvalue weighted by molar-refractivity contribution is 5.80. The molecule has 1 saturated heterocycles. The highest BCUT2D eigenvalue weighted by atomic mass is 16.7. The van der Waals surface area contributed by atoms with Gasteiger partial charge in [-0.15, -0.1) is 0 Å². The van der Waals surface area contributed by atoms with Crippen molar-refractivity contribution in [2.24, 2.45) is 28.1 Å². The number of carbonyl (C=O) groups excluding carboxylic acids is 1. The van der Waals surface area contributed by atoms with Gasteiger partial charge in [0.05, 0.1) is 43.4 Å². The van der Waals surface area contributed by atoms with Crippen molar-refractivity contribution in [2.45, 2.75) is 93.0 Å². The Hall–Kier alpha value is -1.80. The topological polar surface area (TPSA) is 270 Å². The van der Waals surface area contributed by atoms with Crippen molar-refractivity contribution in [2.75, 3.05) is 39.9 Å². The van der Waals surface area contributed by atoms with Crippen LogP contribution in [0.25, 0.3) is 0 Å². The Kier molecular flexibility index (Phi) is 13.0. The Morgan fingerprint density at radius 3 is 2.62 bits per heavy atom. The van der Waals surface area contributed by atoms with Gasteiger partial charge in [0.2, 0.25) is 12.2 Å². The summed E-state index contributed by atoms with van der Waals surface area (Å²) in [5.74, 6) is -1.03. The van der Waals surface area contributed by atoms with Crippen LogP contribution in [0.2, 0.25) is 0 Å². The molecule has 0 spiro atoms. The molecular formula is C26H48N6O10. The molecule has 13 N–H and O–H groups in total. The van der Waals surface area contributed by atoms with E-state index >= 15 is 0 Å². The minimum absolute atomic E-state index is 0.0158. The summed E-state index contributed by atoms with van der Waals surface area (Å²) in [4.78, 5) is 16.6. The van der Waals surface area contributed by atoms with Crippen LogP contribution in [0.1, 0.15) is 26.2 Å². The summed E-state index contributed by atoms with van der Waals surface area (Å²) in [6.45, 7) is 2.03. The van der Waals surface area contributed by atoms with Crippen LogP contribution in [0, 0.1) is 5.92 Å². The second-order valence-electron chi connectivity index (χ2n) is 11.2. The number of amides is 1. The number of hydrogen-bond acceptors (Lipinski definition) is 15. The molecule has 1 amide bonds. The second kappa shape index (κ2) is 15.8. The highest BCUT2D eigenvalue weighted by Crippen LogP contribution is 2.34. The number of nitrogens with one attached hydrogen (secondary N) is 2. The first kappa shape index (κ1) is 34.7. The maximum Gasteiger partial charge on any atom is 0.249 e. The number of carbonyl (C=O) groups is 1. The number of aliphatic imine (C=N–C) groups is 1. The van der Waals surface area contributed by atoms with Gasteiger partial charge in [-0.1, -0.05) is 0 Å². The van der Waals surface area contributed by atoms with Crippen LogP contribution >= 0.6 is 0 Å². The standard InChI is InChI=1S/C26H48N6O10/c1-26(38)12-39-25(19(35)14(26)11-30-2)42-22-17(32-23(37)18(34)5-6-27)9-16(29)21(20(22)36)41-24-15(28)4-3-13(40-24)10-31-7-8-33/h3,11,14-22,24-25,31,33-36,38H,4-10,12,27-29H2,1-2H3,(H,32,37)/b30-11+/t14?,15-,16+,17-,18+,19-,20+,21-,22+,24-,25-,26+/m1/s1. The molecule has 0 bridgehead atoms. The summed E-state index contributed by atoms with van der Waals surface area (Å²) >= 11 is 0. The van der Waals surface area contributed by atoms with Crippen molar-refractivity contribution >= 4 is 12.1 Å². The number of aliphatic hydroxyl groups is 5. The molecule has 42 heavy (non-hydrogen) atoms. The third-order valence-electron chi connectivity index (χ3n) is 7.71. The first-order chi connectivity index (χ1) is 19.9. The van der Waals surface area contributed by atoms with Crippen LogP contribution in [-0.2, 0) is 23.7 Å². The van der Waals surface area contributed by atoms with Gasteiger partial charge in [0.1, 0.15) is 36.3 Å². The van der Waals surface area contributed by atoms with Crippen LogP contribution in [-0.4, -0.2) is 144 Å². The van der Waals surface area contributed by atoms with Crippen molar-refractivity contribution in [3.8, 4) is 0 Å². The average molecular weight is 605 g/mol. The molecule has 0 aromatic rings. The van der Waals surface area contributed by atoms with Gasteiger partial charge in [-0.2, -0.15) is 0 Å². The SMILES string of the molecule is C/N=C/C1[C@@H](O)[C@@H](O[C@@H]2[C@@H](O)[C@H](O[C@H]3OC(CNCCO)=CC[C@H]3N)[C@@H](N)C[C@H]2NC(=O)[C@@H](O)CCN)OC[C@]1(C)O. The van der Waals surface area contributed by atoms with Crippen molar-refractivity contribution in [1.29, 1.82) is 0 Å². The Bertz CT molecular complexity index is 926. The zero-order valence-electron chi connectivity index (χ0n) is 24.1. The van der Waals surface area contributed by atoms with E-state index in [-0.39, 0.29) is 32.6 Å². The minimum atomic E-state index is -1.47. The molecule has 0 radical (unpaired) electrons. The average Bonchev–Trinajstić information content (AvgIpc) is 2.94. The van der Waals surface area contributed by atoms with Gasteiger partial charge in [0.15, 0.2) is 6.29 Å². The van der Waals surface area contributed by atoms with Gasteiger partial charge in [-0.05, 0) is 38.8 Å². The van der Waals surface area contributed by atoms with Gasteiger partial charge in [-0.25, -0.2) is 0 Å². The van der Waals surface area contributed by atoms with Gasteiger partial charge in [0.25, 0.3) is 0 Å². The monoisotopic (exact) mass is 604 g/mol. The second-order valence-corrected chi connectivity index (χ2v) is 11.2. The number of nitrogens with two attached hydrogens (primary N) is 3. The summed E-state index contributed by atoms with van der Waals surface area (Å²) in [6, 6.07) is -2.33.